The minimum atomic E-state index is -4.80. The van der Waals surface area contributed by atoms with Gasteiger partial charge in [0, 0.05) is 10.6 Å². The molecular formula is C13H5Cl3F4. The van der Waals surface area contributed by atoms with Gasteiger partial charge in [0.25, 0.3) is 0 Å². The molecule has 0 aromatic heterocycles. The zero-order chi connectivity index (χ0) is 15.1. The molecule has 0 aliphatic carbocycles. The van der Waals surface area contributed by atoms with Gasteiger partial charge in [-0.1, -0.05) is 40.9 Å². The molecule has 0 nitrogen and oxygen atoms in total. The monoisotopic (exact) mass is 342 g/mol. The van der Waals surface area contributed by atoms with E-state index in [1.807, 2.05) is 0 Å². The molecule has 7 heteroatoms. The van der Waals surface area contributed by atoms with Crippen LogP contribution in [-0.4, -0.2) is 0 Å². The number of benzene rings is 2. The quantitative estimate of drug-likeness (QED) is 0.411. The van der Waals surface area contributed by atoms with Crippen LogP contribution in [0.5, 0.6) is 0 Å². The third-order valence-electron chi connectivity index (χ3n) is 2.58. The Balaban J connectivity index is 2.66. The second kappa shape index (κ2) is 5.43. The maximum absolute atomic E-state index is 13.2. The topological polar surface area (TPSA) is 0 Å². The number of hydrogen-bond acceptors (Lipinski definition) is 0. The van der Waals surface area contributed by atoms with Crippen LogP contribution in [0.2, 0.25) is 15.1 Å². The number of rotatable bonds is 1. The van der Waals surface area contributed by atoms with Gasteiger partial charge in [0.1, 0.15) is 5.82 Å². The van der Waals surface area contributed by atoms with E-state index in [0.717, 1.165) is 6.07 Å². The van der Waals surface area contributed by atoms with Crippen molar-refractivity contribution in [3.05, 3.63) is 56.8 Å². The number of halogens is 7. The second-order valence-corrected chi connectivity index (χ2v) is 5.16. The Morgan fingerprint density at radius 1 is 0.900 bits per heavy atom. The lowest BCUT2D eigenvalue weighted by Crippen LogP contribution is -2.08. The van der Waals surface area contributed by atoms with E-state index >= 15 is 0 Å². The Hall–Kier alpha value is -0.970. The summed E-state index contributed by atoms with van der Waals surface area (Å²) in [5.74, 6) is -1.36. The average molecular weight is 344 g/mol. The van der Waals surface area contributed by atoms with Gasteiger partial charge in [0.2, 0.25) is 0 Å². The molecular weight excluding hydrogens is 338 g/mol. The average Bonchev–Trinajstić information content (AvgIpc) is 2.33. The van der Waals surface area contributed by atoms with Crippen LogP contribution in [0.4, 0.5) is 17.6 Å². The van der Waals surface area contributed by atoms with E-state index in [4.69, 9.17) is 34.8 Å². The summed E-state index contributed by atoms with van der Waals surface area (Å²) in [6, 6.07) is 5.30. The summed E-state index contributed by atoms with van der Waals surface area (Å²) < 4.78 is 51.3. The number of hydrogen-bond donors (Lipinski definition) is 0. The fourth-order valence-electron chi connectivity index (χ4n) is 1.68. The zero-order valence-electron chi connectivity index (χ0n) is 9.53. The second-order valence-electron chi connectivity index (χ2n) is 3.94. The van der Waals surface area contributed by atoms with Crippen molar-refractivity contribution in [1.29, 1.82) is 0 Å². The van der Waals surface area contributed by atoms with Gasteiger partial charge in [0.15, 0.2) is 0 Å². The molecule has 20 heavy (non-hydrogen) atoms. The molecule has 2 rings (SSSR count). The molecule has 2 aromatic carbocycles. The Kier molecular flexibility index (Phi) is 4.19. The molecule has 0 saturated carbocycles. The molecule has 0 unspecified atom stereocenters. The van der Waals surface area contributed by atoms with Crippen molar-refractivity contribution in [2.75, 3.05) is 0 Å². The van der Waals surface area contributed by atoms with Crippen LogP contribution in [0.3, 0.4) is 0 Å². The van der Waals surface area contributed by atoms with Crippen LogP contribution in [-0.2, 0) is 6.18 Å². The predicted octanol–water partition coefficient (Wildman–Crippen LogP) is 6.47. The zero-order valence-corrected chi connectivity index (χ0v) is 11.8. The van der Waals surface area contributed by atoms with Crippen molar-refractivity contribution >= 4 is 34.8 Å². The fraction of sp³-hybridized carbons (Fsp3) is 0.0769. The van der Waals surface area contributed by atoms with E-state index in [0.29, 0.717) is 6.07 Å². The van der Waals surface area contributed by atoms with E-state index in [1.54, 1.807) is 0 Å². The van der Waals surface area contributed by atoms with E-state index < -0.39 is 17.6 Å². The molecule has 0 spiro atoms. The van der Waals surface area contributed by atoms with Crippen molar-refractivity contribution in [2.24, 2.45) is 0 Å². The highest BCUT2D eigenvalue weighted by Gasteiger charge is 2.34. The predicted molar refractivity (Wildman–Crippen MR) is 71.9 cm³/mol. The highest BCUT2D eigenvalue weighted by molar-refractivity contribution is 6.45. The van der Waals surface area contributed by atoms with Gasteiger partial charge in [-0.15, -0.1) is 0 Å². The molecule has 0 N–H and O–H groups in total. The summed E-state index contributed by atoms with van der Waals surface area (Å²) in [7, 11) is 0. The first-order chi connectivity index (χ1) is 9.20. The van der Waals surface area contributed by atoms with Crippen LogP contribution in [0.15, 0.2) is 30.3 Å². The standard InChI is InChI=1S/C13H5Cl3F4/c14-7-4-8(12(16)10(15)5-7)6-1-2-11(17)9(3-6)13(18,19)20/h1-5H. The molecule has 0 radical (unpaired) electrons. The Bertz CT molecular complexity index is 665. The van der Waals surface area contributed by atoms with E-state index in [-0.39, 0.29) is 26.2 Å². The maximum atomic E-state index is 13.2. The molecule has 0 amide bonds. The highest BCUT2D eigenvalue weighted by atomic mass is 35.5. The highest BCUT2D eigenvalue weighted by Crippen LogP contribution is 2.39. The molecule has 0 atom stereocenters. The van der Waals surface area contributed by atoms with E-state index in [1.165, 1.54) is 18.2 Å². The van der Waals surface area contributed by atoms with Gasteiger partial charge in [-0.3, -0.25) is 0 Å². The Labute approximate surface area is 126 Å². The van der Waals surface area contributed by atoms with Crippen molar-refractivity contribution in [2.45, 2.75) is 6.18 Å². The number of alkyl halides is 3. The largest absolute Gasteiger partial charge is 0.419 e. The Morgan fingerprint density at radius 3 is 2.15 bits per heavy atom. The van der Waals surface area contributed by atoms with Gasteiger partial charge < -0.3 is 0 Å². The summed E-state index contributed by atoms with van der Waals surface area (Å²) in [6.45, 7) is 0. The van der Waals surface area contributed by atoms with Crippen molar-refractivity contribution in [3.63, 3.8) is 0 Å². The summed E-state index contributed by atoms with van der Waals surface area (Å²) in [5, 5.41) is 0.370. The molecule has 0 heterocycles. The molecule has 2 aromatic rings. The smallest absolute Gasteiger partial charge is 0.206 e. The molecule has 0 aliphatic rings. The lowest BCUT2D eigenvalue weighted by molar-refractivity contribution is -0.139. The first-order valence-electron chi connectivity index (χ1n) is 5.22. The fourth-order valence-corrected chi connectivity index (χ4v) is 2.39. The van der Waals surface area contributed by atoms with Gasteiger partial charge >= 0.3 is 6.18 Å². The lowest BCUT2D eigenvalue weighted by atomic mass is 10.0. The van der Waals surface area contributed by atoms with Crippen LogP contribution in [0.25, 0.3) is 11.1 Å². The SMILES string of the molecule is Fc1ccc(-c2cc(Cl)cc(Cl)c2Cl)cc1C(F)(F)F. The normalized spacial score (nSPS) is 11.8. The van der Waals surface area contributed by atoms with Crippen LogP contribution >= 0.6 is 34.8 Å². The first kappa shape index (κ1) is 15.4. The van der Waals surface area contributed by atoms with Crippen LogP contribution in [0, 0.1) is 5.82 Å². The van der Waals surface area contributed by atoms with Crippen LogP contribution in [0.1, 0.15) is 5.56 Å². The minimum Gasteiger partial charge on any atom is -0.206 e. The van der Waals surface area contributed by atoms with Crippen LogP contribution < -0.4 is 0 Å². The van der Waals surface area contributed by atoms with Gasteiger partial charge in [0.05, 0.1) is 15.6 Å². The summed E-state index contributed by atoms with van der Waals surface area (Å²) in [4.78, 5) is 0. The molecule has 106 valence electrons. The summed E-state index contributed by atoms with van der Waals surface area (Å²) >= 11 is 17.6. The minimum absolute atomic E-state index is 0.0517. The van der Waals surface area contributed by atoms with Crippen molar-refractivity contribution in [3.8, 4) is 11.1 Å². The molecule has 0 aliphatic heterocycles. The molecule has 0 bridgehead atoms. The molecule has 0 saturated heterocycles. The third kappa shape index (κ3) is 3.03. The van der Waals surface area contributed by atoms with Gasteiger partial charge in [-0.2, -0.15) is 13.2 Å². The Morgan fingerprint density at radius 2 is 1.55 bits per heavy atom. The van der Waals surface area contributed by atoms with Gasteiger partial charge in [-0.25, -0.2) is 4.39 Å². The van der Waals surface area contributed by atoms with E-state index in [2.05, 4.69) is 0 Å². The molecule has 0 fully saturated rings. The van der Waals surface area contributed by atoms with Crippen molar-refractivity contribution < 1.29 is 17.6 Å². The summed E-state index contributed by atoms with van der Waals surface area (Å²) in [5.41, 5.74) is -1.09. The van der Waals surface area contributed by atoms with Crippen molar-refractivity contribution in [1.82, 2.24) is 0 Å². The summed E-state index contributed by atoms with van der Waals surface area (Å²) in [6.07, 6.45) is -4.80. The maximum Gasteiger partial charge on any atom is 0.419 e. The third-order valence-corrected chi connectivity index (χ3v) is 3.60. The van der Waals surface area contributed by atoms with Gasteiger partial charge in [-0.05, 0) is 29.8 Å². The van der Waals surface area contributed by atoms with E-state index in [9.17, 15) is 17.6 Å². The lowest BCUT2D eigenvalue weighted by Gasteiger charge is -2.12. The first-order valence-corrected chi connectivity index (χ1v) is 6.35.